The Bertz CT molecular complexity index is 1120. The molecular weight excluding hydrogens is 432 g/mol. The van der Waals surface area contributed by atoms with Gasteiger partial charge in [-0.15, -0.1) is 0 Å². The van der Waals surface area contributed by atoms with Gasteiger partial charge in [-0.05, 0) is 35.4 Å². The van der Waals surface area contributed by atoms with E-state index in [0.717, 1.165) is 25.8 Å². The van der Waals surface area contributed by atoms with Crippen molar-refractivity contribution in [3.63, 3.8) is 0 Å². The van der Waals surface area contributed by atoms with Crippen molar-refractivity contribution in [2.24, 2.45) is 0 Å². The Morgan fingerprint density at radius 3 is 2.46 bits per heavy atom. The molecule has 0 atom stereocenters. The van der Waals surface area contributed by atoms with Gasteiger partial charge < -0.3 is 0 Å². The van der Waals surface area contributed by atoms with Gasteiger partial charge in [-0.1, -0.05) is 87.9 Å². The second-order valence-corrected chi connectivity index (χ2v) is 8.19. The number of thiazole rings is 1. The number of hydrogen-bond donors (Lipinski definition) is 0. The molecule has 28 heavy (non-hydrogen) atoms. The van der Waals surface area contributed by atoms with Gasteiger partial charge in [0.2, 0.25) is 0 Å². The highest BCUT2D eigenvalue weighted by molar-refractivity contribution is 9.10. The number of aromatic nitrogens is 1. The summed E-state index contributed by atoms with van der Waals surface area (Å²) in [4.78, 5) is 19.5. The van der Waals surface area contributed by atoms with Gasteiger partial charge in [0.15, 0.2) is 5.13 Å². The molecule has 0 aliphatic carbocycles. The van der Waals surface area contributed by atoms with Crippen LogP contribution >= 0.6 is 27.3 Å². The lowest BCUT2D eigenvalue weighted by atomic mass is 10.2. The zero-order chi connectivity index (χ0) is 19.3. The van der Waals surface area contributed by atoms with E-state index in [1.807, 2.05) is 84.9 Å². The van der Waals surface area contributed by atoms with Crippen molar-refractivity contribution in [2.45, 2.75) is 6.54 Å². The maximum absolute atomic E-state index is 13.1. The number of carbonyl (C=O) groups excluding carboxylic acids is 1. The summed E-state index contributed by atoms with van der Waals surface area (Å²) in [6, 6.07) is 25.7. The molecule has 3 aromatic carbocycles. The van der Waals surface area contributed by atoms with E-state index in [2.05, 4.69) is 15.9 Å². The van der Waals surface area contributed by atoms with Gasteiger partial charge in [0.25, 0.3) is 5.91 Å². The van der Waals surface area contributed by atoms with E-state index in [0.29, 0.717) is 11.7 Å². The summed E-state index contributed by atoms with van der Waals surface area (Å²) in [6.07, 6.45) is 3.45. The molecule has 0 N–H and O–H groups in total. The SMILES string of the molecule is O=C(/C=C/c1ccccc1)N(Cc1ccccc1)c1nc2ccc(Br)cc2s1. The molecule has 0 radical (unpaired) electrons. The third-order valence-corrected chi connectivity index (χ3v) is 5.77. The van der Waals surface area contributed by atoms with E-state index in [-0.39, 0.29) is 5.91 Å². The molecule has 1 amide bonds. The molecule has 0 aliphatic heterocycles. The van der Waals surface area contributed by atoms with Crippen LogP contribution in [-0.2, 0) is 11.3 Å². The number of halogens is 1. The van der Waals surface area contributed by atoms with Crippen LogP contribution in [0.15, 0.2) is 89.4 Å². The number of amides is 1. The summed E-state index contributed by atoms with van der Waals surface area (Å²) in [5.74, 6) is -0.0918. The average Bonchev–Trinajstić information content (AvgIpc) is 3.14. The van der Waals surface area contributed by atoms with Gasteiger partial charge >= 0.3 is 0 Å². The maximum Gasteiger partial charge on any atom is 0.253 e. The largest absolute Gasteiger partial charge is 0.280 e. The number of carbonyl (C=O) groups is 1. The molecule has 0 bridgehead atoms. The molecule has 1 heterocycles. The van der Waals surface area contributed by atoms with E-state index in [1.54, 1.807) is 11.0 Å². The minimum atomic E-state index is -0.0918. The van der Waals surface area contributed by atoms with Crippen LogP contribution in [0.4, 0.5) is 5.13 Å². The third kappa shape index (κ3) is 4.38. The fourth-order valence-corrected chi connectivity index (χ4v) is 4.35. The van der Waals surface area contributed by atoms with E-state index < -0.39 is 0 Å². The topological polar surface area (TPSA) is 33.2 Å². The zero-order valence-electron chi connectivity index (χ0n) is 15.0. The molecule has 3 nitrogen and oxygen atoms in total. The number of rotatable bonds is 5. The molecule has 0 fully saturated rings. The van der Waals surface area contributed by atoms with Gasteiger partial charge in [-0.2, -0.15) is 0 Å². The van der Waals surface area contributed by atoms with Crippen molar-refractivity contribution >= 4 is 54.6 Å². The Kier molecular flexibility index (Phi) is 5.65. The fraction of sp³-hybridized carbons (Fsp3) is 0.0435. The zero-order valence-corrected chi connectivity index (χ0v) is 17.4. The van der Waals surface area contributed by atoms with Crippen LogP contribution in [-0.4, -0.2) is 10.9 Å². The van der Waals surface area contributed by atoms with Crippen molar-refractivity contribution in [3.8, 4) is 0 Å². The molecule has 138 valence electrons. The monoisotopic (exact) mass is 448 g/mol. The fourth-order valence-electron chi connectivity index (χ4n) is 2.83. The first-order chi connectivity index (χ1) is 13.7. The molecule has 4 aromatic rings. The van der Waals surface area contributed by atoms with Crippen LogP contribution in [0.2, 0.25) is 0 Å². The lowest BCUT2D eigenvalue weighted by Gasteiger charge is -2.18. The van der Waals surface area contributed by atoms with Gasteiger partial charge in [0, 0.05) is 10.5 Å². The number of benzene rings is 3. The van der Waals surface area contributed by atoms with Gasteiger partial charge in [-0.25, -0.2) is 4.98 Å². The maximum atomic E-state index is 13.1. The number of anilines is 1. The minimum Gasteiger partial charge on any atom is -0.280 e. The summed E-state index contributed by atoms with van der Waals surface area (Å²) in [7, 11) is 0. The van der Waals surface area contributed by atoms with E-state index in [4.69, 9.17) is 4.98 Å². The first-order valence-electron chi connectivity index (χ1n) is 8.84. The molecular formula is C23H17BrN2OS. The Labute approximate surface area is 176 Å². The smallest absolute Gasteiger partial charge is 0.253 e. The lowest BCUT2D eigenvalue weighted by molar-refractivity contribution is -0.114. The average molecular weight is 449 g/mol. The Balaban J connectivity index is 1.68. The lowest BCUT2D eigenvalue weighted by Crippen LogP contribution is -2.28. The highest BCUT2D eigenvalue weighted by atomic mass is 79.9. The normalized spacial score (nSPS) is 11.2. The van der Waals surface area contributed by atoms with E-state index in [1.165, 1.54) is 11.3 Å². The predicted molar refractivity (Wildman–Crippen MR) is 120 cm³/mol. The number of hydrogen-bond acceptors (Lipinski definition) is 3. The van der Waals surface area contributed by atoms with Gasteiger partial charge in [0.05, 0.1) is 16.8 Å². The van der Waals surface area contributed by atoms with Crippen LogP contribution in [0.5, 0.6) is 0 Å². The van der Waals surface area contributed by atoms with Crippen molar-refractivity contribution in [1.29, 1.82) is 0 Å². The van der Waals surface area contributed by atoms with Crippen molar-refractivity contribution in [2.75, 3.05) is 4.90 Å². The van der Waals surface area contributed by atoms with E-state index >= 15 is 0 Å². The summed E-state index contributed by atoms with van der Waals surface area (Å²) in [5.41, 5.74) is 2.94. The van der Waals surface area contributed by atoms with Crippen molar-refractivity contribution in [1.82, 2.24) is 4.98 Å². The van der Waals surface area contributed by atoms with Crippen LogP contribution in [0, 0.1) is 0 Å². The van der Waals surface area contributed by atoms with E-state index in [9.17, 15) is 4.79 Å². The Morgan fingerprint density at radius 1 is 1.00 bits per heavy atom. The summed E-state index contributed by atoms with van der Waals surface area (Å²) in [5, 5.41) is 0.694. The minimum absolute atomic E-state index is 0.0918. The van der Waals surface area contributed by atoms with Crippen molar-refractivity contribution in [3.05, 3.63) is 101 Å². The Hall–Kier alpha value is -2.76. The quantitative estimate of drug-likeness (QED) is 0.335. The summed E-state index contributed by atoms with van der Waals surface area (Å²) in [6.45, 7) is 0.472. The van der Waals surface area contributed by atoms with Gasteiger partial charge in [0.1, 0.15) is 0 Å². The highest BCUT2D eigenvalue weighted by Gasteiger charge is 2.18. The molecule has 4 rings (SSSR count). The second-order valence-electron chi connectivity index (χ2n) is 6.26. The molecule has 0 aliphatic rings. The third-order valence-electron chi connectivity index (χ3n) is 4.24. The number of fused-ring (bicyclic) bond motifs is 1. The van der Waals surface area contributed by atoms with Crippen molar-refractivity contribution < 1.29 is 4.79 Å². The molecule has 1 aromatic heterocycles. The second kappa shape index (κ2) is 8.50. The summed E-state index contributed by atoms with van der Waals surface area (Å²) >= 11 is 5.02. The first kappa shape index (κ1) is 18.6. The molecule has 5 heteroatoms. The Morgan fingerprint density at radius 2 is 1.71 bits per heavy atom. The highest BCUT2D eigenvalue weighted by Crippen LogP contribution is 2.32. The molecule has 0 saturated carbocycles. The standard InChI is InChI=1S/C23H17BrN2OS/c24-19-12-13-20-21(15-19)28-23(25-20)26(16-18-9-5-2-6-10-18)22(27)14-11-17-7-3-1-4-8-17/h1-15H,16H2/b14-11+. The van der Waals surface area contributed by atoms with Gasteiger partial charge in [-0.3, -0.25) is 9.69 Å². The van der Waals surface area contributed by atoms with Crippen LogP contribution < -0.4 is 4.90 Å². The molecule has 0 unspecified atom stereocenters. The number of nitrogens with zero attached hydrogens (tertiary/aromatic N) is 2. The molecule has 0 spiro atoms. The predicted octanol–water partition coefficient (Wildman–Crippen LogP) is 6.31. The first-order valence-corrected chi connectivity index (χ1v) is 10.4. The van der Waals surface area contributed by atoms with Crippen LogP contribution in [0.3, 0.4) is 0 Å². The summed E-state index contributed by atoms with van der Waals surface area (Å²) < 4.78 is 2.04. The van der Waals surface area contributed by atoms with Crippen LogP contribution in [0.25, 0.3) is 16.3 Å². The van der Waals surface area contributed by atoms with Crippen LogP contribution in [0.1, 0.15) is 11.1 Å². The molecule has 0 saturated heterocycles.